The van der Waals surface area contributed by atoms with Gasteiger partial charge in [-0.05, 0) is 18.1 Å². The molecule has 2 nitrogen and oxygen atoms in total. The van der Waals surface area contributed by atoms with E-state index in [9.17, 15) is 4.79 Å². The van der Waals surface area contributed by atoms with Crippen LogP contribution >= 0.6 is 0 Å². The van der Waals surface area contributed by atoms with Crippen molar-refractivity contribution in [2.75, 3.05) is 0 Å². The molecule has 3 rings (SSSR count). The van der Waals surface area contributed by atoms with Crippen LogP contribution in [0.3, 0.4) is 0 Å². The molecule has 21 heavy (non-hydrogen) atoms. The molecule has 0 unspecified atom stereocenters. The number of para-hydroxylation sites is 1. The van der Waals surface area contributed by atoms with Crippen LogP contribution in [0.2, 0.25) is 0 Å². The normalized spacial score (nSPS) is 11.0. The first-order chi connectivity index (χ1) is 10.3. The van der Waals surface area contributed by atoms with Crippen molar-refractivity contribution in [3.8, 4) is 0 Å². The second-order valence-electron chi connectivity index (χ2n) is 5.09. The van der Waals surface area contributed by atoms with Gasteiger partial charge in [-0.15, -0.1) is 0 Å². The number of fused-ring (bicyclic) bond motifs is 1. The number of hydrogen-bond acceptors (Lipinski definition) is 2. The highest BCUT2D eigenvalue weighted by molar-refractivity contribution is 6.17. The van der Waals surface area contributed by atoms with Crippen molar-refractivity contribution in [3.63, 3.8) is 0 Å². The van der Waals surface area contributed by atoms with Crippen molar-refractivity contribution in [3.05, 3.63) is 71.0 Å². The maximum absolute atomic E-state index is 13.0. The summed E-state index contributed by atoms with van der Waals surface area (Å²) in [5, 5.41) is 0.908. The molecule has 106 valence electrons. The van der Waals surface area contributed by atoms with Gasteiger partial charge in [0.2, 0.25) is 0 Å². The zero-order valence-electron chi connectivity index (χ0n) is 12.3. The van der Waals surface area contributed by atoms with E-state index in [1.54, 1.807) is 0 Å². The number of carbonyl (C=O) groups is 1. The summed E-state index contributed by atoms with van der Waals surface area (Å²) in [7, 11) is 0. The fourth-order valence-corrected chi connectivity index (χ4v) is 2.78. The van der Waals surface area contributed by atoms with E-state index >= 15 is 0 Å². The van der Waals surface area contributed by atoms with Crippen LogP contribution < -0.4 is 0 Å². The Kier molecular flexibility index (Phi) is 3.61. The monoisotopic (exact) mass is 278 g/mol. The maximum Gasteiger partial charge on any atom is 0.197 e. The van der Waals surface area contributed by atoms with Gasteiger partial charge in [0.25, 0.3) is 0 Å². The molecular weight excluding hydrogens is 260 g/mol. The van der Waals surface area contributed by atoms with Crippen molar-refractivity contribution in [2.45, 2.75) is 26.7 Å². The van der Waals surface area contributed by atoms with Gasteiger partial charge in [0.15, 0.2) is 5.78 Å². The lowest BCUT2D eigenvalue weighted by Gasteiger charge is -2.06. The number of ketones is 1. The number of furan rings is 1. The molecule has 0 aliphatic rings. The van der Waals surface area contributed by atoms with Crippen molar-refractivity contribution in [2.24, 2.45) is 0 Å². The van der Waals surface area contributed by atoms with Crippen molar-refractivity contribution < 1.29 is 9.21 Å². The topological polar surface area (TPSA) is 30.2 Å². The zero-order valence-corrected chi connectivity index (χ0v) is 12.3. The van der Waals surface area contributed by atoms with E-state index in [0.717, 1.165) is 34.3 Å². The smallest absolute Gasteiger partial charge is 0.197 e. The van der Waals surface area contributed by atoms with Crippen LogP contribution in [-0.2, 0) is 12.8 Å². The van der Waals surface area contributed by atoms with E-state index in [0.29, 0.717) is 12.0 Å². The van der Waals surface area contributed by atoms with Crippen LogP contribution in [0, 0.1) is 0 Å². The molecule has 3 aromatic rings. The van der Waals surface area contributed by atoms with Crippen molar-refractivity contribution in [1.82, 2.24) is 0 Å². The number of aryl methyl sites for hydroxylation is 2. The molecule has 0 N–H and O–H groups in total. The van der Waals surface area contributed by atoms with Gasteiger partial charge in [-0.2, -0.15) is 0 Å². The average molecular weight is 278 g/mol. The second-order valence-corrected chi connectivity index (χ2v) is 5.09. The Morgan fingerprint density at radius 3 is 2.43 bits per heavy atom. The lowest BCUT2D eigenvalue weighted by molar-refractivity contribution is 0.103. The van der Waals surface area contributed by atoms with Gasteiger partial charge in [-0.1, -0.05) is 56.3 Å². The molecule has 2 heteroatoms. The molecule has 0 bridgehead atoms. The number of hydrogen-bond donors (Lipinski definition) is 0. The predicted molar refractivity (Wildman–Crippen MR) is 84.8 cm³/mol. The van der Waals surface area contributed by atoms with E-state index in [-0.39, 0.29) is 5.78 Å². The van der Waals surface area contributed by atoms with Crippen LogP contribution in [0.1, 0.15) is 41.1 Å². The third kappa shape index (κ3) is 2.27. The summed E-state index contributed by atoms with van der Waals surface area (Å²) in [5.41, 5.74) is 3.36. The Morgan fingerprint density at radius 1 is 0.952 bits per heavy atom. The first kappa shape index (κ1) is 13.6. The Bertz CT molecular complexity index is 796. The van der Waals surface area contributed by atoms with Crippen LogP contribution in [0.4, 0.5) is 0 Å². The van der Waals surface area contributed by atoms with E-state index < -0.39 is 0 Å². The van der Waals surface area contributed by atoms with Crippen LogP contribution in [0.25, 0.3) is 11.0 Å². The Labute approximate surface area is 124 Å². The van der Waals surface area contributed by atoms with E-state index in [2.05, 4.69) is 6.92 Å². The van der Waals surface area contributed by atoms with Crippen LogP contribution in [0.15, 0.2) is 52.9 Å². The highest BCUT2D eigenvalue weighted by Gasteiger charge is 2.22. The third-order valence-corrected chi connectivity index (χ3v) is 3.86. The number of rotatable bonds is 4. The first-order valence-electron chi connectivity index (χ1n) is 7.39. The third-order valence-electron chi connectivity index (χ3n) is 3.86. The molecule has 1 heterocycles. The zero-order chi connectivity index (χ0) is 14.8. The minimum Gasteiger partial charge on any atom is -0.460 e. The summed E-state index contributed by atoms with van der Waals surface area (Å²) in [6, 6.07) is 15.6. The van der Waals surface area contributed by atoms with E-state index in [4.69, 9.17) is 4.42 Å². The molecule has 0 atom stereocenters. The molecule has 0 radical (unpaired) electrons. The summed E-state index contributed by atoms with van der Waals surface area (Å²) < 4.78 is 5.84. The summed E-state index contributed by atoms with van der Waals surface area (Å²) in [4.78, 5) is 13.0. The van der Waals surface area contributed by atoms with Gasteiger partial charge in [0.05, 0.1) is 5.56 Å². The van der Waals surface area contributed by atoms with Gasteiger partial charge in [-0.3, -0.25) is 4.79 Å². The molecule has 0 saturated heterocycles. The van der Waals surface area contributed by atoms with Gasteiger partial charge < -0.3 is 4.42 Å². The maximum atomic E-state index is 13.0. The molecule has 1 aromatic heterocycles. The average Bonchev–Trinajstić information content (AvgIpc) is 2.92. The predicted octanol–water partition coefficient (Wildman–Crippen LogP) is 4.79. The summed E-state index contributed by atoms with van der Waals surface area (Å²) in [5.74, 6) is 0.835. The van der Waals surface area contributed by atoms with Crippen LogP contribution in [-0.4, -0.2) is 5.78 Å². The van der Waals surface area contributed by atoms with Gasteiger partial charge in [0, 0.05) is 17.4 Å². The molecule has 0 amide bonds. The molecule has 0 spiro atoms. The second kappa shape index (κ2) is 5.57. The standard InChI is InChI=1S/C19H18O2/c1-3-13-9-5-6-10-14(13)19(20)18-15-11-7-8-12-17(15)21-16(18)4-2/h5-12H,3-4H2,1-2H3. The number of benzene rings is 2. The molecule has 2 aromatic carbocycles. The van der Waals surface area contributed by atoms with E-state index in [1.165, 1.54) is 0 Å². The van der Waals surface area contributed by atoms with Crippen LogP contribution in [0.5, 0.6) is 0 Å². The van der Waals surface area contributed by atoms with Gasteiger partial charge >= 0.3 is 0 Å². The molecule has 0 fully saturated rings. The Morgan fingerprint density at radius 2 is 1.67 bits per heavy atom. The molecule has 0 aliphatic heterocycles. The highest BCUT2D eigenvalue weighted by Crippen LogP contribution is 2.29. The largest absolute Gasteiger partial charge is 0.460 e. The summed E-state index contributed by atoms with van der Waals surface area (Å²) in [6.07, 6.45) is 1.56. The minimum absolute atomic E-state index is 0.0641. The van der Waals surface area contributed by atoms with E-state index in [1.807, 2.05) is 55.5 Å². The SMILES string of the molecule is CCc1ccccc1C(=O)c1c(CC)oc2ccccc12. The van der Waals surface area contributed by atoms with Crippen molar-refractivity contribution >= 4 is 16.8 Å². The minimum atomic E-state index is 0.0641. The fraction of sp³-hybridized carbons (Fsp3) is 0.211. The summed E-state index contributed by atoms with van der Waals surface area (Å²) in [6.45, 7) is 4.08. The number of carbonyl (C=O) groups excluding carboxylic acids is 1. The Balaban J connectivity index is 2.22. The Hall–Kier alpha value is -2.35. The quantitative estimate of drug-likeness (QED) is 0.642. The lowest BCUT2D eigenvalue weighted by atomic mass is 9.95. The first-order valence-corrected chi connectivity index (χ1v) is 7.39. The van der Waals surface area contributed by atoms with Crippen molar-refractivity contribution in [1.29, 1.82) is 0 Å². The van der Waals surface area contributed by atoms with Gasteiger partial charge in [-0.25, -0.2) is 0 Å². The lowest BCUT2D eigenvalue weighted by Crippen LogP contribution is -2.06. The summed E-state index contributed by atoms with van der Waals surface area (Å²) >= 11 is 0. The van der Waals surface area contributed by atoms with Gasteiger partial charge in [0.1, 0.15) is 11.3 Å². The molecule has 0 aliphatic carbocycles. The molecule has 0 saturated carbocycles. The molecular formula is C19H18O2. The highest BCUT2D eigenvalue weighted by atomic mass is 16.3. The fourth-order valence-electron chi connectivity index (χ4n) is 2.78.